The van der Waals surface area contributed by atoms with E-state index in [0.717, 1.165) is 24.5 Å². The van der Waals surface area contributed by atoms with Gasteiger partial charge in [-0.2, -0.15) is 0 Å². The minimum atomic E-state index is -0.980. The second-order valence-corrected chi connectivity index (χ2v) is 6.84. The zero-order chi connectivity index (χ0) is 17.7. The molecule has 1 fully saturated rings. The van der Waals surface area contributed by atoms with E-state index in [1.165, 1.54) is 5.56 Å². The molecule has 1 aliphatic carbocycles. The number of rotatable bonds is 6. The van der Waals surface area contributed by atoms with Crippen LogP contribution in [0.5, 0.6) is 0 Å². The van der Waals surface area contributed by atoms with Crippen LogP contribution in [-0.4, -0.2) is 30.2 Å². The number of hydrogen-bond acceptors (Lipinski definition) is 2. The summed E-state index contributed by atoms with van der Waals surface area (Å²) in [7, 11) is 0. The molecular formula is C21H27N3O. The zero-order valence-corrected chi connectivity index (χ0v) is 14.9. The van der Waals surface area contributed by atoms with E-state index in [1.54, 1.807) is 6.92 Å². The fourth-order valence-corrected chi connectivity index (χ4v) is 3.04. The van der Waals surface area contributed by atoms with E-state index in [1.807, 2.05) is 43.3 Å². The highest BCUT2D eigenvalue weighted by Crippen LogP contribution is 2.40. The van der Waals surface area contributed by atoms with E-state index in [2.05, 4.69) is 39.9 Å². The van der Waals surface area contributed by atoms with Gasteiger partial charge in [-0.1, -0.05) is 60.7 Å². The van der Waals surface area contributed by atoms with Gasteiger partial charge in [-0.05, 0) is 31.4 Å². The molecule has 0 radical (unpaired) electrons. The van der Waals surface area contributed by atoms with E-state index in [9.17, 15) is 5.11 Å². The predicted octanol–water partition coefficient (Wildman–Crippen LogP) is 3.01. The molecule has 3 unspecified atom stereocenters. The number of nitrogens with zero attached hydrogens (tertiary/aromatic N) is 1. The molecule has 1 aliphatic rings. The van der Waals surface area contributed by atoms with Gasteiger partial charge in [0.1, 0.15) is 5.60 Å². The van der Waals surface area contributed by atoms with Crippen molar-refractivity contribution in [2.24, 2.45) is 4.99 Å². The first kappa shape index (κ1) is 17.5. The van der Waals surface area contributed by atoms with Gasteiger partial charge in [-0.15, -0.1) is 0 Å². The molecule has 2 aromatic carbocycles. The summed E-state index contributed by atoms with van der Waals surface area (Å²) in [4.78, 5) is 4.61. The second-order valence-electron chi connectivity index (χ2n) is 6.84. The third-order valence-corrected chi connectivity index (χ3v) is 4.63. The number of guanidine groups is 1. The van der Waals surface area contributed by atoms with Gasteiger partial charge in [0.25, 0.3) is 0 Å². The Balaban J connectivity index is 1.62. The molecule has 1 saturated carbocycles. The Morgan fingerprint density at radius 1 is 1.12 bits per heavy atom. The van der Waals surface area contributed by atoms with Gasteiger partial charge in [0.2, 0.25) is 0 Å². The molecule has 0 saturated heterocycles. The Morgan fingerprint density at radius 3 is 2.40 bits per heavy atom. The first-order valence-corrected chi connectivity index (χ1v) is 8.98. The van der Waals surface area contributed by atoms with Crippen molar-refractivity contribution < 1.29 is 5.11 Å². The molecule has 3 atom stereocenters. The summed E-state index contributed by atoms with van der Waals surface area (Å²) < 4.78 is 0. The minimum Gasteiger partial charge on any atom is -0.384 e. The third kappa shape index (κ3) is 4.60. The number of benzene rings is 2. The summed E-state index contributed by atoms with van der Waals surface area (Å²) in [5.41, 5.74) is 1.27. The van der Waals surface area contributed by atoms with E-state index in [-0.39, 0.29) is 0 Å². The molecule has 0 spiro atoms. The van der Waals surface area contributed by atoms with Crippen LogP contribution in [0, 0.1) is 0 Å². The monoisotopic (exact) mass is 337 g/mol. The van der Waals surface area contributed by atoms with E-state index >= 15 is 0 Å². The van der Waals surface area contributed by atoms with Gasteiger partial charge in [-0.3, -0.25) is 0 Å². The predicted molar refractivity (Wildman–Crippen MR) is 103 cm³/mol. The molecule has 3 N–H and O–H groups in total. The largest absolute Gasteiger partial charge is 0.384 e. The second kappa shape index (κ2) is 7.70. The Labute approximate surface area is 150 Å². The summed E-state index contributed by atoms with van der Waals surface area (Å²) >= 11 is 0. The maximum absolute atomic E-state index is 10.7. The Bertz CT molecular complexity index is 698. The van der Waals surface area contributed by atoms with Crippen molar-refractivity contribution in [1.82, 2.24) is 10.6 Å². The third-order valence-electron chi connectivity index (χ3n) is 4.63. The molecule has 4 heteroatoms. The summed E-state index contributed by atoms with van der Waals surface area (Å²) in [6.07, 6.45) is 1.11. The molecule has 0 aliphatic heterocycles. The quantitative estimate of drug-likeness (QED) is 0.561. The Morgan fingerprint density at radius 2 is 1.76 bits per heavy atom. The van der Waals surface area contributed by atoms with Crippen molar-refractivity contribution in [3.05, 3.63) is 71.8 Å². The topological polar surface area (TPSA) is 56.7 Å². The summed E-state index contributed by atoms with van der Waals surface area (Å²) in [6, 6.07) is 20.7. The minimum absolute atomic E-state index is 0.315. The number of hydrogen-bond donors (Lipinski definition) is 3. The molecule has 0 amide bonds. The van der Waals surface area contributed by atoms with Gasteiger partial charge in [-0.25, -0.2) is 4.99 Å². The van der Waals surface area contributed by atoms with Crippen molar-refractivity contribution in [1.29, 1.82) is 0 Å². The molecule has 0 bridgehead atoms. The van der Waals surface area contributed by atoms with Gasteiger partial charge < -0.3 is 15.7 Å². The van der Waals surface area contributed by atoms with Crippen LogP contribution in [0.3, 0.4) is 0 Å². The number of nitrogens with one attached hydrogen (secondary N) is 2. The average Bonchev–Trinajstić information content (AvgIpc) is 3.41. The van der Waals surface area contributed by atoms with Crippen LogP contribution < -0.4 is 10.6 Å². The van der Waals surface area contributed by atoms with Crippen LogP contribution in [0.15, 0.2) is 65.7 Å². The van der Waals surface area contributed by atoms with Crippen LogP contribution in [0.4, 0.5) is 0 Å². The first-order valence-electron chi connectivity index (χ1n) is 8.98. The van der Waals surface area contributed by atoms with Crippen LogP contribution in [0.25, 0.3) is 0 Å². The zero-order valence-electron chi connectivity index (χ0n) is 14.9. The highest BCUT2D eigenvalue weighted by atomic mass is 16.3. The molecule has 2 aromatic rings. The first-order chi connectivity index (χ1) is 12.1. The van der Waals surface area contributed by atoms with Crippen LogP contribution in [0.1, 0.15) is 37.3 Å². The average molecular weight is 337 g/mol. The standard InChI is InChI=1S/C21H27N3O/c1-3-22-20(23-15-21(2,25)17-12-8-5-9-13-17)24-19-14-18(19)16-10-6-4-7-11-16/h4-13,18-19,25H,3,14-15H2,1-2H3,(H2,22,23,24). The van der Waals surface area contributed by atoms with E-state index in [4.69, 9.17) is 0 Å². The Hall–Kier alpha value is -2.33. The summed E-state index contributed by atoms with van der Waals surface area (Å²) in [5, 5.41) is 17.5. The number of aliphatic hydroxyl groups is 1. The van der Waals surface area contributed by atoms with Crippen molar-refractivity contribution in [3.8, 4) is 0 Å². The Kier molecular flexibility index (Phi) is 5.39. The fraction of sp³-hybridized carbons (Fsp3) is 0.381. The van der Waals surface area contributed by atoms with Crippen LogP contribution in [0.2, 0.25) is 0 Å². The van der Waals surface area contributed by atoms with Crippen molar-refractivity contribution in [3.63, 3.8) is 0 Å². The SMILES string of the molecule is CCNC(=NCC(C)(O)c1ccccc1)NC1CC1c1ccccc1. The lowest BCUT2D eigenvalue weighted by Crippen LogP contribution is -2.40. The lowest BCUT2D eigenvalue weighted by atomic mass is 9.96. The van der Waals surface area contributed by atoms with Gasteiger partial charge in [0.05, 0.1) is 6.54 Å². The highest BCUT2D eigenvalue weighted by Gasteiger charge is 2.39. The smallest absolute Gasteiger partial charge is 0.191 e. The van der Waals surface area contributed by atoms with Crippen molar-refractivity contribution in [2.45, 2.75) is 37.8 Å². The molecule has 4 nitrogen and oxygen atoms in total. The summed E-state index contributed by atoms with van der Waals surface area (Å²) in [6.45, 7) is 4.96. The van der Waals surface area contributed by atoms with E-state index in [0.29, 0.717) is 18.5 Å². The molecule has 25 heavy (non-hydrogen) atoms. The highest BCUT2D eigenvalue weighted by molar-refractivity contribution is 5.80. The van der Waals surface area contributed by atoms with Gasteiger partial charge in [0.15, 0.2) is 5.96 Å². The van der Waals surface area contributed by atoms with Crippen molar-refractivity contribution >= 4 is 5.96 Å². The lowest BCUT2D eigenvalue weighted by molar-refractivity contribution is 0.0672. The molecule has 3 rings (SSSR count). The normalized spacial score (nSPS) is 22.1. The fourth-order valence-electron chi connectivity index (χ4n) is 3.04. The maximum Gasteiger partial charge on any atom is 0.191 e. The van der Waals surface area contributed by atoms with Gasteiger partial charge in [0, 0.05) is 18.5 Å². The molecule has 0 aromatic heterocycles. The van der Waals surface area contributed by atoms with E-state index < -0.39 is 5.60 Å². The van der Waals surface area contributed by atoms with Crippen molar-refractivity contribution in [2.75, 3.05) is 13.1 Å². The number of aliphatic imine (C=N–C) groups is 1. The summed E-state index contributed by atoms with van der Waals surface area (Å²) in [5.74, 6) is 1.31. The molecular weight excluding hydrogens is 310 g/mol. The lowest BCUT2D eigenvalue weighted by Gasteiger charge is -2.22. The van der Waals surface area contributed by atoms with Crippen LogP contribution in [-0.2, 0) is 5.60 Å². The molecule has 132 valence electrons. The molecule has 0 heterocycles. The van der Waals surface area contributed by atoms with Crippen LogP contribution >= 0.6 is 0 Å². The van der Waals surface area contributed by atoms with Gasteiger partial charge >= 0.3 is 0 Å². The maximum atomic E-state index is 10.7.